The lowest BCUT2D eigenvalue weighted by atomic mass is 10.1. The van der Waals surface area contributed by atoms with Crippen molar-refractivity contribution < 1.29 is 0 Å². The van der Waals surface area contributed by atoms with E-state index in [1.807, 2.05) is 6.20 Å². The minimum Gasteiger partial charge on any atom is -0.335 e. The number of aryl methyl sites for hydroxylation is 2. The highest BCUT2D eigenvalue weighted by Crippen LogP contribution is 2.24. The van der Waals surface area contributed by atoms with Crippen molar-refractivity contribution in [2.75, 3.05) is 6.54 Å². The molecule has 1 atom stereocenters. The maximum atomic E-state index is 4.53. The summed E-state index contributed by atoms with van der Waals surface area (Å²) in [5, 5.41) is 7.88. The van der Waals surface area contributed by atoms with Gasteiger partial charge in [-0.3, -0.25) is 0 Å². The third-order valence-electron chi connectivity index (χ3n) is 3.53. The molecular formula is C15H25N5S. The van der Waals surface area contributed by atoms with E-state index in [2.05, 4.69) is 51.4 Å². The third kappa shape index (κ3) is 4.11. The van der Waals surface area contributed by atoms with Crippen LogP contribution in [0.3, 0.4) is 0 Å². The monoisotopic (exact) mass is 307 g/mol. The van der Waals surface area contributed by atoms with Gasteiger partial charge in [0, 0.05) is 25.4 Å². The third-order valence-corrected chi connectivity index (χ3v) is 4.41. The molecule has 0 saturated carbocycles. The van der Waals surface area contributed by atoms with E-state index in [1.54, 1.807) is 0 Å². The highest BCUT2D eigenvalue weighted by Gasteiger charge is 2.20. The van der Waals surface area contributed by atoms with Crippen LogP contribution in [0.1, 0.15) is 56.1 Å². The zero-order valence-corrected chi connectivity index (χ0v) is 14.0. The Morgan fingerprint density at radius 3 is 2.86 bits per heavy atom. The molecule has 5 nitrogen and oxygen atoms in total. The predicted molar refractivity (Wildman–Crippen MR) is 86.5 cm³/mol. The van der Waals surface area contributed by atoms with E-state index in [1.165, 1.54) is 16.4 Å². The molecule has 2 heterocycles. The maximum Gasteiger partial charge on any atom is 0.110 e. The van der Waals surface area contributed by atoms with Gasteiger partial charge in [0.05, 0.1) is 16.6 Å². The number of rotatable bonds is 9. The van der Waals surface area contributed by atoms with Gasteiger partial charge in [0.2, 0.25) is 0 Å². The number of nitrogens with zero attached hydrogens (tertiary/aromatic N) is 4. The van der Waals surface area contributed by atoms with E-state index in [0.29, 0.717) is 0 Å². The lowest BCUT2D eigenvalue weighted by Crippen LogP contribution is -2.25. The quantitative estimate of drug-likeness (QED) is 0.774. The maximum absolute atomic E-state index is 4.53. The van der Waals surface area contributed by atoms with Crippen molar-refractivity contribution in [1.29, 1.82) is 0 Å². The molecule has 0 radical (unpaired) electrons. The minimum atomic E-state index is 0.262. The fourth-order valence-electron chi connectivity index (χ4n) is 2.46. The molecule has 2 aromatic rings. The summed E-state index contributed by atoms with van der Waals surface area (Å²) in [7, 11) is 0. The summed E-state index contributed by atoms with van der Waals surface area (Å²) in [6, 6.07) is 0.262. The van der Waals surface area contributed by atoms with Crippen LogP contribution in [0.15, 0.2) is 12.4 Å². The molecule has 0 spiro atoms. The van der Waals surface area contributed by atoms with Crippen molar-refractivity contribution in [1.82, 2.24) is 24.5 Å². The fourth-order valence-corrected chi connectivity index (χ4v) is 3.27. The molecule has 0 aliphatic heterocycles. The van der Waals surface area contributed by atoms with Crippen molar-refractivity contribution in [3.63, 3.8) is 0 Å². The van der Waals surface area contributed by atoms with Gasteiger partial charge in [0.1, 0.15) is 5.82 Å². The second kappa shape index (κ2) is 8.24. The molecule has 2 rings (SSSR count). The summed E-state index contributed by atoms with van der Waals surface area (Å²) in [4.78, 5) is 5.80. The molecule has 0 bridgehead atoms. The average Bonchev–Trinajstić information content (AvgIpc) is 3.13. The van der Waals surface area contributed by atoms with E-state index < -0.39 is 0 Å². The van der Waals surface area contributed by atoms with Gasteiger partial charge in [0.25, 0.3) is 0 Å². The minimum absolute atomic E-state index is 0.262. The number of hydrogen-bond acceptors (Lipinski definition) is 5. The zero-order valence-electron chi connectivity index (χ0n) is 13.2. The molecule has 0 aromatic carbocycles. The van der Waals surface area contributed by atoms with Gasteiger partial charge < -0.3 is 9.88 Å². The highest BCUT2D eigenvalue weighted by atomic mass is 32.1. The topological polar surface area (TPSA) is 55.6 Å². The average molecular weight is 307 g/mol. The Morgan fingerprint density at radius 1 is 1.29 bits per heavy atom. The van der Waals surface area contributed by atoms with Gasteiger partial charge in [-0.15, -0.1) is 5.10 Å². The van der Waals surface area contributed by atoms with Crippen LogP contribution in [0.2, 0.25) is 0 Å². The zero-order chi connectivity index (χ0) is 15.1. The molecule has 1 N–H and O–H groups in total. The molecular weight excluding hydrogens is 282 g/mol. The first kappa shape index (κ1) is 16.1. The smallest absolute Gasteiger partial charge is 0.110 e. The van der Waals surface area contributed by atoms with Crippen LogP contribution >= 0.6 is 11.5 Å². The SMILES string of the molecule is CCCNC(Cc1nccn1CCC)c1snnc1CC. The summed E-state index contributed by atoms with van der Waals surface area (Å²) in [5.74, 6) is 1.14. The largest absolute Gasteiger partial charge is 0.335 e. The number of hydrogen-bond donors (Lipinski definition) is 1. The Morgan fingerprint density at radius 2 is 2.14 bits per heavy atom. The Balaban J connectivity index is 2.18. The van der Waals surface area contributed by atoms with E-state index in [-0.39, 0.29) is 6.04 Å². The second-order valence-corrected chi connectivity index (χ2v) is 5.97. The van der Waals surface area contributed by atoms with Crippen LogP contribution in [-0.2, 0) is 19.4 Å². The van der Waals surface area contributed by atoms with Crippen molar-refractivity contribution in [3.8, 4) is 0 Å². The summed E-state index contributed by atoms with van der Waals surface area (Å²) in [5.41, 5.74) is 1.11. The molecule has 2 aromatic heterocycles. The summed E-state index contributed by atoms with van der Waals surface area (Å²) in [6.45, 7) is 8.54. The molecule has 21 heavy (non-hydrogen) atoms. The fraction of sp³-hybridized carbons (Fsp3) is 0.667. The van der Waals surface area contributed by atoms with Crippen LogP contribution in [0.5, 0.6) is 0 Å². The van der Waals surface area contributed by atoms with Crippen LogP contribution in [0.25, 0.3) is 0 Å². The van der Waals surface area contributed by atoms with Gasteiger partial charge >= 0.3 is 0 Å². The van der Waals surface area contributed by atoms with Gasteiger partial charge in [0.15, 0.2) is 0 Å². The van der Waals surface area contributed by atoms with Crippen LogP contribution in [0, 0.1) is 0 Å². The van der Waals surface area contributed by atoms with Crippen LogP contribution < -0.4 is 5.32 Å². The first-order chi connectivity index (χ1) is 10.3. The molecule has 0 fully saturated rings. The predicted octanol–water partition coefficient (Wildman–Crippen LogP) is 2.99. The number of aromatic nitrogens is 4. The van der Waals surface area contributed by atoms with Crippen LogP contribution in [0.4, 0.5) is 0 Å². The summed E-state index contributed by atoms with van der Waals surface area (Å²) < 4.78 is 6.39. The van der Waals surface area contributed by atoms with E-state index in [9.17, 15) is 0 Å². The van der Waals surface area contributed by atoms with Crippen molar-refractivity contribution in [2.45, 2.75) is 59.0 Å². The van der Waals surface area contributed by atoms with Crippen molar-refractivity contribution in [2.24, 2.45) is 0 Å². The molecule has 1 unspecified atom stereocenters. The number of imidazole rings is 1. The Kier molecular flexibility index (Phi) is 6.32. The van der Waals surface area contributed by atoms with Gasteiger partial charge in [-0.1, -0.05) is 25.3 Å². The molecule has 0 aliphatic rings. The van der Waals surface area contributed by atoms with E-state index in [0.717, 1.165) is 50.3 Å². The Bertz CT molecular complexity index is 534. The molecule has 116 valence electrons. The standard InChI is InChI=1S/C15H25N5S/c1-4-7-16-13(15-12(6-3)18-19-21-15)11-14-17-8-10-20(14)9-5-2/h8,10,13,16H,4-7,9,11H2,1-3H3. The molecule has 6 heteroatoms. The summed E-state index contributed by atoms with van der Waals surface area (Å²) in [6.07, 6.45) is 8.03. The first-order valence-electron chi connectivity index (χ1n) is 7.84. The first-order valence-corrected chi connectivity index (χ1v) is 8.61. The van der Waals surface area contributed by atoms with Gasteiger partial charge in [-0.25, -0.2) is 4.98 Å². The lowest BCUT2D eigenvalue weighted by molar-refractivity contribution is 0.504. The second-order valence-electron chi connectivity index (χ2n) is 5.19. The molecule has 0 saturated heterocycles. The van der Waals surface area contributed by atoms with E-state index >= 15 is 0 Å². The van der Waals surface area contributed by atoms with Crippen LogP contribution in [-0.4, -0.2) is 25.7 Å². The van der Waals surface area contributed by atoms with Crippen molar-refractivity contribution in [3.05, 3.63) is 28.8 Å². The Hall–Kier alpha value is -1.27. The lowest BCUT2D eigenvalue weighted by Gasteiger charge is -2.18. The molecule has 0 aliphatic carbocycles. The normalized spacial score (nSPS) is 12.7. The number of nitrogens with one attached hydrogen (secondary N) is 1. The Labute approximate surface area is 131 Å². The molecule has 0 amide bonds. The van der Waals surface area contributed by atoms with Gasteiger partial charge in [-0.05, 0) is 37.3 Å². The highest BCUT2D eigenvalue weighted by molar-refractivity contribution is 7.05. The van der Waals surface area contributed by atoms with Crippen molar-refractivity contribution >= 4 is 11.5 Å². The summed E-state index contributed by atoms with van der Waals surface area (Å²) >= 11 is 1.51. The van der Waals surface area contributed by atoms with E-state index in [4.69, 9.17) is 0 Å². The van der Waals surface area contributed by atoms with Gasteiger partial charge in [-0.2, -0.15) is 0 Å².